The van der Waals surface area contributed by atoms with Crippen LogP contribution in [0.15, 0.2) is 30.3 Å². The fraction of sp³-hybridized carbons (Fsp3) is 0.450. The van der Waals surface area contributed by atoms with Crippen LogP contribution in [0, 0.1) is 13.8 Å². The lowest BCUT2D eigenvalue weighted by Crippen LogP contribution is -2.62. The van der Waals surface area contributed by atoms with Crippen molar-refractivity contribution in [2.24, 2.45) is 0 Å². The summed E-state index contributed by atoms with van der Waals surface area (Å²) < 4.78 is 1.89. The van der Waals surface area contributed by atoms with Crippen LogP contribution in [0.3, 0.4) is 0 Å². The Hall–Kier alpha value is -2.83. The van der Waals surface area contributed by atoms with Crippen molar-refractivity contribution < 1.29 is 9.59 Å². The van der Waals surface area contributed by atoms with E-state index in [1.54, 1.807) is 0 Å². The van der Waals surface area contributed by atoms with Crippen molar-refractivity contribution in [3.05, 3.63) is 47.3 Å². The number of nitrogens with one attached hydrogen (secondary N) is 2. The van der Waals surface area contributed by atoms with Crippen LogP contribution < -0.4 is 10.6 Å². The van der Waals surface area contributed by atoms with Crippen LogP contribution in [-0.4, -0.2) is 45.2 Å². The van der Waals surface area contributed by atoms with Gasteiger partial charge < -0.3 is 15.5 Å². The summed E-state index contributed by atoms with van der Waals surface area (Å²) in [5.74, 6) is 0.0913. The highest BCUT2D eigenvalue weighted by molar-refractivity contribution is 6.02. The van der Waals surface area contributed by atoms with Crippen molar-refractivity contribution in [1.29, 1.82) is 0 Å². The number of carbonyl (C=O) groups is 2. The number of hydrogen-bond acceptors (Lipinski definition) is 4. The largest absolute Gasteiger partial charge is 0.362 e. The van der Waals surface area contributed by atoms with E-state index in [-0.39, 0.29) is 11.8 Å². The van der Waals surface area contributed by atoms with Gasteiger partial charge in [-0.15, -0.1) is 0 Å². The number of benzene rings is 1. The van der Waals surface area contributed by atoms with E-state index in [4.69, 9.17) is 0 Å². The Kier molecular flexibility index (Phi) is 4.37. The Morgan fingerprint density at radius 3 is 2.63 bits per heavy atom. The average molecular weight is 367 g/mol. The zero-order valence-electron chi connectivity index (χ0n) is 15.8. The second-order valence-electron chi connectivity index (χ2n) is 7.49. The number of nitrogens with zero attached hydrogens (tertiary/aromatic N) is 3. The predicted molar refractivity (Wildman–Crippen MR) is 102 cm³/mol. The number of rotatable bonds is 3. The fourth-order valence-electron chi connectivity index (χ4n) is 4.01. The Bertz CT molecular complexity index is 880. The Morgan fingerprint density at radius 2 is 1.93 bits per heavy atom. The summed E-state index contributed by atoms with van der Waals surface area (Å²) in [4.78, 5) is 26.9. The molecule has 0 bridgehead atoms. The zero-order chi connectivity index (χ0) is 19.0. The van der Waals surface area contributed by atoms with Gasteiger partial charge in [0.1, 0.15) is 5.66 Å². The molecule has 0 saturated carbocycles. The minimum absolute atomic E-state index is 0.0475. The number of fused-ring (bicyclic) bond motifs is 1. The maximum atomic E-state index is 12.6. The molecule has 0 radical (unpaired) electrons. The number of amides is 2. The molecule has 1 spiro atoms. The molecule has 4 rings (SSSR count). The minimum Gasteiger partial charge on any atom is -0.362 e. The van der Waals surface area contributed by atoms with Crippen LogP contribution in [-0.2, 0) is 11.3 Å². The van der Waals surface area contributed by atoms with Crippen LogP contribution in [0.5, 0.6) is 0 Å². The van der Waals surface area contributed by atoms with Gasteiger partial charge in [0.25, 0.3) is 5.91 Å². The van der Waals surface area contributed by atoms with Gasteiger partial charge in [-0.05, 0) is 32.0 Å². The maximum Gasteiger partial charge on any atom is 0.255 e. The highest BCUT2D eigenvalue weighted by atomic mass is 16.2. The number of hydrogen-bond donors (Lipinski definition) is 2. The summed E-state index contributed by atoms with van der Waals surface area (Å²) in [7, 11) is 0. The molecule has 1 aromatic heterocycles. The molecule has 2 aromatic rings. The molecule has 7 heteroatoms. The lowest BCUT2D eigenvalue weighted by molar-refractivity contribution is -0.133. The summed E-state index contributed by atoms with van der Waals surface area (Å²) in [6.07, 6.45) is 1.83. The lowest BCUT2D eigenvalue weighted by Gasteiger charge is -2.45. The molecule has 1 fully saturated rings. The maximum absolute atomic E-state index is 12.6. The van der Waals surface area contributed by atoms with E-state index in [0.29, 0.717) is 44.5 Å². The summed E-state index contributed by atoms with van der Waals surface area (Å²) in [6, 6.07) is 9.56. The highest BCUT2D eigenvalue weighted by Crippen LogP contribution is 2.31. The molecular weight excluding hydrogens is 342 g/mol. The van der Waals surface area contributed by atoms with Crippen LogP contribution in [0.2, 0.25) is 0 Å². The third-order valence-corrected chi connectivity index (χ3v) is 5.51. The first-order valence-electron chi connectivity index (χ1n) is 9.44. The molecule has 27 heavy (non-hydrogen) atoms. The second-order valence-corrected chi connectivity index (χ2v) is 7.49. The van der Waals surface area contributed by atoms with Gasteiger partial charge in [0.2, 0.25) is 5.91 Å². The van der Waals surface area contributed by atoms with E-state index in [2.05, 4.69) is 15.7 Å². The third kappa shape index (κ3) is 3.41. The molecule has 2 N–H and O–H groups in total. The molecule has 0 aliphatic carbocycles. The van der Waals surface area contributed by atoms with Crippen molar-refractivity contribution in [3.8, 4) is 0 Å². The molecule has 0 unspecified atom stereocenters. The molecule has 142 valence electrons. The topological polar surface area (TPSA) is 79.3 Å². The molecule has 1 aromatic carbocycles. The molecule has 1 saturated heterocycles. The van der Waals surface area contributed by atoms with Crippen molar-refractivity contribution in [3.63, 3.8) is 0 Å². The van der Waals surface area contributed by atoms with E-state index in [0.717, 1.165) is 17.1 Å². The van der Waals surface area contributed by atoms with Crippen LogP contribution >= 0.6 is 0 Å². The molecular formula is C20H25N5O2. The SMILES string of the molecule is Cc1cc(C)n(CCC(=O)N2CCC3(CC2)NC(=O)c2ccccc2N3)n1. The molecule has 0 atom stereocenters. The van der Waals surface area contributed by atoms with Gasteiger partial charge >= 0.3 is 0 Å². The third-order valence-electron chi connectivity index (χ3n) is 5.51. The Labute approximate surface area is 158 Å². The standard InChI is InChI=1S/C20H25N5O2/c1-14-13-15(2)25(23-14)10-7-18(26)24-11-8-20(9-12-24)21-17-6-4-3-5-16(17)19(27)22-20/h3-6,13,21H,7-12H2,1-2H3,(H,22,27). The molecule has 2 amide bonds. The van der Waals surface area contributed by atoms with Crippen molar-refractivity contribution >= 4 is 17.5 Å². The smallest absolute Gasteiger partial charge is 0.255 e. The number of piperidine rings is 1. The first-order chi connectivity index (χ1) is 13.0. The Morgan fingerprint density at radius 1 is 1.19 bits per heavy atom. The van der Waals surface area contributed by atoms with Gasteiger partial charge in [0, 0.05) is 50.3 Å². The van der Waals surface area contributed by atoms with Crippen molar-refractivity contribution in [2.75, 3.05) is 18.4 Å². The summed E-state index contributed by atoms with van der Waals surface area (Å²) >= 11 is 0. The molecule has 7 nitrogen and oxygen atoms in total. The van der Waals surface area contributed by atoms with Gasteiger partial charge in [-0.2, -0.15) is 5.10 Å². The number of carbonyl (C=O) groups excluding carboxylic acids is 2. The molecule has 2 aliphatic rings. The quantitative estimate of drug-likeness (QED) is 0.870. The van der Waals surface area contributed by atoms with E-state index >= 15 is 0 Å². The predicted octanol–water partition coefficient (Wildman–Crippen LogP) is 2.06. The van der Waals surface area contributed by atoms with Gasteiger partial charge in [-0.1, -0.05) is 12.1 Å². The van der Waals surface area contributed by atoms with Crippen LogP contribution in [0.4, 0.5) is 5.69 Å². The number of anilines is 1. The van der Waals surface area contributed by atoms with E-state index in [9.17, 15) is 9.59 Å². The molecule has 2 aliphatic heterocycles. The van der Waals surface area contributed by atoms with E-state index in [1.807, 2.05) is 53.8 Å². The number of para-hydroxylation sites is 1. The monoisotopic (exact) mass is 367 g/mol. The van der Waals surface area contributed by atoms with Crippen molar-refractivity contribution in [1.82, 2.24) is 20.0 Å². The number of aryl methyl sites for hydroxylation is 3. The summed E-state index contributed by atoms with van der Waals surface area (Å²) in [6.45, 7) is 5.82. The molecule has 3 heterocycles. The summed E-state index contributed by atoms with van der Waals surface area (Å²) in [5, 5.41) is 11.0. The van der Waals surface area contributed by atoms with Crippen LogP contribution in [0.25, 0.3) is 0 Å². The number of likely N-dealkylation sites (tertiary alicyclic amines) is 1. The lowest BCUT2D eigenvalue weighted by atomic mass is 9.92. The zero-order valence-corrected chi connectivity index (χ0v) is 15.8. The van der Waals surface area contributed by atoms with Crippen molar-refractivity contribution in [2.45, 2.75) is 45.3 Å². The highest BCUT2D eigenvalue weighted by Gasteiger charge is 2.40. The Balaban J connectivity index is 1.35. The first-order valence-corrected chi connectivity index (χ1v) is 9.44. The van der Waals surface area contributed by atoms with E-state index in [1.165, 1.54) is 0 Å². The van der Waals surface area contributed by atoms with E-state index < -0.39 is 5.66 Å². The van der Waals surface area contributed by atoms with Gasteiger partial charge in [0.15, 0.2) is 0 Å². The van der Waals surface area contributed by atoms with Gasteiger partial charge in [-0.25, -0.2) is 0 Å². The number of aromatic nitrogens is 2. The van der Waals surface area contributed by atoms with Gasteiger partial charge in [-0.3, -0.25) is 14.3 Å². The minimum atomic E-state index is -0.460. The first kappa shape index (κ1) is 17.6. The van der Waals surface area contributed by atoms with Crippen LogP contribution in [0.1, 0.15) is 41.0 Å². The van der Waals surface area contributed by atoms with Gasteiger partial charge in [0.05, 0.1) is 11.3 Å². The summed E-state index contributed by atoms with van der Waals surface area (Å²) in [5.41, 5.74) is 3.12. The average Bonchev–Trinajstić information content (AvgIpc) is 2.97. The second kappa shape index (κ2) is 6.72. The normalized spacial score (nSPS) is 18.0. The fourth-order valence-corrected chi connectivity index (χ4v) is 4.01.